The fourth-order valence-corrected chi connectivity index (χ4v) is 5.38. The Hall–Kier alpha value is -3.47. The van der Waals surface area contributed by atoms with Gasteiger partial charge in [-0.2, -0.15) is 0 Å². The Morgan fingerprint density at radius 2 is 1.88 bits per heavy atom. The fourth-order valence-electron chi connectivity index (χ4n) is 5.38. The zero-order valence-corrected chi connectivity index (χ0v) is 18.1. The minimum Gasteiger partial charge on any atom is -0.343 e. The molecule has 6 rings (SSSR count). The number of nitrogens with zero attached hydrogens (tertiary/aromatic N) is 3. The van der Waals surface area contributed by atoms with E-state index in [-0.39, 0.29) is 5.92 Å². The summed E-state index contributed by atoms with van der Waals surface area (Å²) < 4.78 is 0. The van der Waals surface area contributed by atoms with E-state index in [1.807, 2.05) is 18.2 Å². The Morgan fingerprint density at radius 1 is 1.03 bits per heavy atom. The summed E-state index contributed by atoms with van der Waals surface area (Å²) in [7, 11) is 0. The molecule has 2 aliphatic rings. The lowest BCUT2D eigenvalue weighted by Gasteiger charge is -2.23. The molecule has 2 aromatic carbocycles. The van der Waals surface area contributed by atoms with Crippen molar-refractivity contribution in [1.29, 1.82) is 0 Å². The molecule has 0 radical (unpaired) electrons. The van der Waals surface area contributed by atoms with Gasteiger partial charge in [0.1, 0.15) is 23.6 Å². The number of ketones is 1. The second-order valence-electron chi connectivity index (χ2n) is 8.92. The third-order valence-corrected chi connectivity index (χ3v) is 7.06. The van der Waals surface area contributed by atoms with Gasteiger partial charge in [-0.1, -0.05) is 48.5 Å². The first kappa shape index (κ1) is 19.2. The minimum atomic E-state index is 0.0733. The van der Waals surface area contributed by atoms with E-state index in [2.05, 4.69) is 51.3 Å². The molecule has 4 aromatic rings. The Labute approximate surface area is 187 Å². The summed E-state index contributed by atoms with van der Waals surface area (Å²) in [6.07, 6.45) is 6.67. The third kappa shape index (κ3) is 3.29. The first-order chi connectivity index (χ1) is 15.8. The van der Waals surface area contributed by atoms with Crippen molar-refractivity contribution in [3.63, 3.8) is 0 Å². The highest BCUT2D eigenvalue weighted by Crippen LogP contribution is 2.40. The summed E-state index contributed by atoms with van der Waals surface area (Å²) in [4.78, 5) is 28.2. The molecular weight excluding hydrogens is 396 g/mol. The van der Waals surface area contributed by atoms with Crippen molar-refractivity contribution in [3.05, 3.63) is 83.3 Å². The second-order valence-corrected chi connectivity index (χ2v) is 8.92. The fraction of sp³-hybridized carbons (Fsp3) is 0.296. The SMILES string of the molecule is O=C(CCc1ccccc1)C1CCc2[nH]c3ncnc(N4CCc5ccccc54)c3c2C1. The first-order valence-electron chi connectivity index (χ1n) is 11.5. The zero-order valence-electron chi connectivity index (χ0n) is 18.1. The molecule has 0 saturated carbocycles. The number of hydrogen-bond acceptors (Lipinski definition) is 4. The van der Waals surface area contributed by atoms with Crippen LogP contribution in [0.2, 0.25) is 0 Å². The number of Topliss-reactive ketones (excluding diaryl/α,β-unsaturated/α-hetero) is 1. The summed E-state index contributed by atoms with van der Waals surface area (Å²) in [6.45, 7) is 0.921. The number of aromatic nitrogens is 3. The second kappa shape index (κ2) is 7.90. The van der Waals surface area contributed by atoms with Gasteiger partial charge < -0.3 is 9.88 Å². The smallest absolute Gasteiger partial charge is 0.146 e. The van der Waals surface area contributed by atoms with Crippen LogP contribution in [0.25, 0.3) is 11.0 Å². The monoisotopic (exact) mass is 422 g/mol. The van der Waals surface area contributed by atoms with Crippen LogP contribution in [0, 0.1) is 5.92 Å². The number of para-hydroxylation sites is 1. The Bertz CT molecular complexity index is 1290. The van der Waals surface area contributed by atoms with Crippen LogP contribution >= 0.6 is 0 Å². The van der Waals surface area contributed by atoms with E-state index in [1.54, 1.807) is 6.33 Å². The highest BCUT2D eigenvalue weighted by atomic mass is 16.1. The van der Waals surface area contributed by atoms with Gasteiger partial charge in [0.05, 0.1) is 5.39 Å². The summed E-state index contributed by atoms with van der Waals surface area (Å²) in [5, 5.41) is 1.10. The van der Waals surface area contributed by atoms with Gasteiger partial charge in [0, 0.05) is 30.3 Å². The van der Waals surface area contributed by atoms with Crippen molar-refractivity contribution in [3.8, 4) is 0 Å². The maximum atomic E-state index is 13.1. The minimum absolute atomic E-state index is 0.0733. The molecule has 3 heterocycles. The molecule has 1 aliphatic heterocycles. The van der Waals surface area contributed by atoms with Gasteiger partial charge >= 0.3 is 0 Å². The summed E-state index contributed by atoms with van der Waals surface area (Å²) >= 11 is 0. The first-order valence-corrected chi connectivity index (χ1v) is 11.5. The van der Waals surface area contributed by atoms with E-state index in [1.165, 1.54) is 28.1 Å². The van der Waals surface area contributed by atoms with Gasteiger partial charge in [-0.25, -0.2) is 9.97 Å². The number of aryl methyl sites for hydroxylation is 2. The molecular formula is C27H26N4O. The van der Waals surface area contributed by atoms with Crippen LogP contribution in [0.5, 0.6) is 0 Å². The lowest BCUT2D eigenvalue weighted by Crippen LogP contribution is -2.23. The van der Waals surface area contributed by atoms with Crippen LogP contribution in [0.3, 0.4) is 0 Å². The Morgan fingerprint density at radius 3 is 2.78 bits per heavy atom. The molecule has 160 valence electrons. The molecule has 32 heavy (non-hydrogen) atoms. The van der Waals surface area contributed by atoms with E-state index in [0.717, 1.165) is 55.5 Å². The lowest BCUT2D eigenvalue weighted by atomic mass is 9.82. The van der Waals surface area contributed by atoms with Crippen LogP contribution in [-0.2, 0) is 30.5 Å². The van der Waals surface area contributed by atoms with Crippen molar-refractivity contribution in [2.45, 2.75) is 38.5 Å². The van der Waals surface area contributed by atoms with Crippen molar-refractivity contribution < 1.29 is 4.79 Å². The number of H-pyrrole nitrogens is 1. The molecule has 5 heteroatoms. The molecule has 0 fully saturated rings. The highest BCUT2D eigenvalue weighted by Gasteiger charge is 2.31. The quantitative estimate of drug-likeness (QED) is 0.494. The maximum absolute atomic E-state index is 13.1. The highest BCUT2D eigenvalue weighted by molar-refractivity contribution is 5.95. The normalized spacial score (nSPS) is 17.4. The van der Waals surface area contributed by atoms with Crippen molar-refractivity contribution in [2.75, 3.05) is 11.4 Å². The van der Waals surface area contributed by atoms with E-state index in [0.29, 0.717) is 12.2 Å². The largest absolute Gasteiger partial charge is 0.343 e. The number of carbonyl (C=O) groups is 1. The lowest BCUT2D eigenvalue weighted by molar-refractivity contribution is -0.123. The van der Waals surface area contributed by atoms with Crippen LogP contribution in [-0.4, -0.2) is 27.3 Å². The van der Waals surface area contributed by atoms with Gasteiger partial charge in [0.25, 0.3) is 0 Å². The van der Waals surface area contributed by atoms with Gasteiger partial charge in [-0.15, -0.1) is 0 Å². The summed E-state index contributed by atoms with van der Waals surface area (Å²) in [5.74, 6) is 1.41. The van der Waals surface area contributed by atoms with Crippen LogP contribution in [0.15, 0.2) is 60.9 Å². The van der Waals surface area contributed by atoms with E-state index < -0.39 is 0 Å². The zero-order chi connectivity index (χ0) is 21.5. The average Bonchev–Trinajstić information content (AvgIpc) is 3.44. The average molecular weight is 423 g/mol. The predicted octanol–water partition coefficient (Wildman–Crippen LogP) is 4.96. The van der Waals surface area contributed by atoms with E-state index in [4.69, 9.17) is 4.98 Å². The van der Waals surface area contributed by atoms with Gasteiger partial charge in [0.2, 0.25) is 0 Å². The number of nitrogens with one attached hydrogen (secondary N) is 1. The molecule has 2 aromatic heterocycles. The van der Waals surface area contributed by atoms with Gasteiger partial charge in [-0.3, -0.25) is 4.79 Å². The number of benzene rings is 2. The molecule has 0 spiro atoms. The molecule has 1 N–H and O–H groups in total. The number of hydrogen-bond donors (Lipinski definition) is 1. The number of fused-ring (bicyclic) bond motifs is 4. The standard InChI is InChI=1S/C27H26N4O/c32-24(13-10-18-6-2-1-3-7-18)20-11-12-22-21(16-20)25-26(30-22)28-17-29-27(25)31-15-14-19-8-4-5-9-23(19)31/h1-9,17,20H,10-16H2,(H,28,29,30). The molecule has 1 atom stereocenters. The molecule has 1 unspecified atom stereocenters. The Kier molecular flexibility index (Phi) is 4.75. The summed E-state index contributed by atoms with van der Waals surface area (Å²) in [6, 6.07) is 18.8. The number of anilines is 2. The van der Waals surface area contributed by atoms with Crippen LogP contribution < -0.4 is 4.90 Å². The third-order valence-electron chi connectivity index (χ3n) is 7.06. The van der Waals surface area contributed by atoms with Crippen molar-refractivity contribution >= 4 is 28.3 Å². The van der Waals surface area contributed by atoms with Crippen LogP contribution in [0.1, 0.15) is 35.2 Å². The van der Waals surface area contributed by atoms with Gasteiger partial charge in [-0.05, 0) is 54.9 Å². The Balaban J connectivity index is 1.30. The van der Waals surface area contributed by atoms with Crippen LogP contribution in [0.4, 0.5) is 11.5 Å². The molecule has 0 amide bonds. The van der Waals surface area contributed by atoms with Gasteiger partial charge in [0.15, 0.2) is 0 Å². The van der Waals surface area contributed by atoms with Crippen molar-refractivity contribution in [2.24, 2.45) is 5.92 Å². The number of carbonyl (C=O) groups excluding carboxylic acids is 1. The molecule has 0 saturated heterocycles. The molecule has 1 aliphatic carbocycles. The number of aromatic amines is 1. The van der Waals surface area contributed by atoms with E-state index in [9.17, 15) is 4.79 Å². The number of rotatable bonds is 5. The molecule has 0 bridgehead atoms. The van der Waals surface area contributed by atoms with E-state index >= 15 is 0 Å². The summed E-state index contributed by atoms with van der Waals surface area (Å²) in [5.41, 5.74) is 7.17. The topological polar surface area (TPSA) is 61.9 Å². The van der Waals surface area contributed by atoms with Crippen molar-refractivity contribution in [1.82, 2.24) is 15.0 Å². The maximum Gasteiger partial charge on any atom is 0.146 e. The molecule has 5 nitrogen and oxygen atoms in total. The predicted molar refractivity (Wildman–Crippen MR) is 126 cm³/mol.